The molecule has 14 heavy (non-hydrogen) atoms. The molecule has 3 nitrogen and oxygen atoms in total. The quantitative estimate of drug-likeness (QED) is 0.649. The van der Waals surface area contributed by atoms with E-state index in [-0.39, 0.29) is 0 Å². The zero-order chi connectivity index (χ0) is 10.6. The normalized spacial score (nSPS) is 31.7. The molecule has 2 atom stereocenters. The molecule has 1 aliphatic heterocycles. The van der Waals surface area contributed by atoms with Crippen LogP contribution in [0.3, 0.4) is 0 Å². The fourth-order valence-electron chi connectivity index (χ4n) is 2.00. The maximum atomic E-state index is 11.2. The highest BCUT2D eigenvalue weighted by Gasteiger charge is 2.41. The Kier molecular flexibility index (Phi) is 3.54. The number of hydrogen-bond donors (Lipinski definition) is 2. The van der Waals surface area contributed by atoms with Crippen molar-refractivity contribution in [3.05, 3.63) is 0 Å². The van der Waals surface area contributed by atoms with E-state index in [1.54, 1.807) is 6.92 Å². The van der Waals surface area contributed by atoms with Gasteiger partial charge in [-0.25, -0.2) is 0 Å². The summed E-state index contributed by atoms with van der Waals surface area (Å²) in [4.78, 5) is 11.2. The van der Waals surface area contributed by atoms with Crippen molar-refractivity contribution in [2.24, 2.45) is 11.3 Å². The molecule has 2 unspecified atom stereocenters. The van der Waals surface area contributed by atoms with Gasteiger partial charge in [0.25, 0.3) is 0 Å². The predicted octanol–water partition coefficient (Wildman–Crippen LogP) is 1.10. The lowest BCUT2D eigenvalue weighted by molar-refractivity contribution is -0.150. The zero-order valence-corrected chi connectivity index (χ0v) is 8.76. The van der Waals surface area contributed by atoms with Crippen LogP contribution in [0, 0.1) is 23.2 Å². The lowest BCUT2D eigenvalue weighted by Crippen LogP contribution is -2.48. The Labute approximate surface area is 84.9 Å². The molecule has 1 aliphatic rings. The second-order valence-corrected chi connectivity index (χ2v) is 4.13. The summed E-state index contributed by atoms with van der Waals surface area (Å²) in [6.45, 7) is 5.27. The van der Waals surface area contributed by atoms with Gasteiger partial charge in [-0.05, 0) is 25.8 Å². The Morgan fingerprint density at radius 3 is 2.93 bits per heavy atom. The largest absolute Gasteiger partial charge is 0.481 e. The maximum Gasteiger partial charge on any atom is 0.311 e. The molecule has 78 valence electrons. The molecule has 0 spiro atoms. The number of nitrogens with one attached hydrogen (secondary N) is 1. The second-order valence-electron chi connectivity index (χ2n) is 4.13. The molecule has 1 rings (SSSR count). The smallest absolute Gasteiger partial charge is 0.311 e. The molecule has 0 aromatic rings. The van der Waals surface area contributed by atoms with E-state index >= 15 is 0 Å². The fraction of sp³-hybridized carbons (Fsp3) is 0.727. The van der Waals surface area contributed by atoms with Crippen molar-refractivity contribution in [3.63, 3.8) is 0 Å². The monoisotopic (exact) mass is 195 g/mol. The molecule has 1 saturated heterocycles. The fourth-order valence-corrected chi connectivity index (χ4v) is 2.00. The van der Waals surface area contributed by atoms with Crippen molar-refractivity contribution in [1.29, 1.82) is 0 Å². The first kappa shape index (κ1) is 11.1. The van der Waals surface area contributed by atoms with Crippen LogP contribution >= 0.6 is 0 Å². The highest BCUT2D eigenvalue weighted by Crippen LogP contribution is 2.32. The van der Waals surface area contributed by atoms with Gasteiger partial charge in [0.2, 0.25) is 0 Å². The number of carboxylic acid groups (broad SMARTS) is 1. The van der Waals surface area contributed by atoms with Gasteiger partial charge in [-0.3, -0.25) is 4.79 Å². The van der Waals surface area contributed by atoms with Gasteiger partial charge in [-0.2, -0.15) is 0 Å². The van der Waals surface area contributed by atoms with Gasteiger partial charge < -0.3 is 10.4 Å². The van der Waals surface area contributed by atoms with Crippen molar-refractivity contribution in [1.82, 2.24) is 5.32 Å². The average molecular weight is 195 g/mol. The van der Waals surface area contributed by atoms with Crippen molar-refractivity contribution < 1.29 is 9.90 Å². The summed E-state index contributed by atoms with van der Waals surface area (Å²) in [5.74, 6) is 5.35. The third-order valence-electron chi connectivity index (χ3n) is 2.75. The summed E-state index contributed by atoms with van der Waals surface area (Å²) in [7, 11) is 0. The predicted molar refractivity (Wildman–Crippen MR) is 54.8 cm³/mol. The zero-order valence-electron chi connectivity index (χ0n) is 8.76. The van der Waals surface area contributed by atoms with Crippen molar-refractivity contribution in [3.8, 4) is 11.8 Å². The highest BCUT2D eigenvalue weighted by molar-refractivity contribution is 5.75. The van der Waals surface area contributed by atoms with E-state index in [9.17, 15) is 9.90 Å². The molecular weight excluding hydrogens is 178 g/mol. The topological polar surface area (TPSA) is 49.3 Å². The number of rotatable bonds is 2. The third kappa shape index (κ3) is 2.27. The van der Waals surface area contributed by atoms with Gasteiger partial charge in [0, 0.05) is 13.0 Å². The van der Waals surface area contributed by atoms with Gasteiger partial charge in [-0.1, -0.05) is 6.92 Å². The van der Waals surface area contributed by atoms with E-state index in [0.717, 1.165) is 13.0 Å². The molecule has 0 saturated carbocycles. The Balaban J connectivity index is 2.78. The van der Waals surface area contributed by atoms with Gasteiger partial charge in [-0.15, -0.1) is 11.8 Å². The van der Waals surface area contributed by atoms with Crippen LogP contribution in [0.5, 0.6) is 0 Å². The van der Waals surface area contributed by atoms with E-state index in [4.69, 9.17) is 0 Å². The molecule has 0 bridgehead atoms. The molecule has 1 fully saturated rings. The van der Waals surface area contributed by atoms with Crippen LogP contribution in [0.2, 0.25) is 0 Å². The van der Waals surface area contributed by atoms with Crippen LogP contribution < -0.4 is 5.32 Å². The minimum atomic E-state index is -0.723. The maximum absolute atomic E-state index is 11.2. The Morgan fingerprint density at radius 2 is 2.43 bits per heavy atom. The third-order valence-corrected chi connectivity index (χ3v) is 2.75. The first-order valence-corrected chi connectivity index (χ1v) is 4.94. The summed E-state index contributed by atoms with van der Waals surface area (Å²) in [6.07, 6.45) is 1.18. The van der Waals surface area contributed by atoms with Crippen molar-refractivity contribution in [2.75, 3.05) is 13.1 Å². The van der Waals surface area contributed by atoms with E-state index in [0.29, 0.717) is 18.9 Å². The number of carbonyl (C=O) groups is 1. The Hall–Kier alpha value is -1.01. The SMILES string of the molecule is CC#CCC1(C(=O)O)CNCC(C)C1. The van der Waals surface area contributed by atoms with Crippen LogP contribution in [0.4, 0.5) is 0 Å². The molecule has 0 aromatic carbocycles. The van der Waals surface area contributed by atoms with E-state index in [1.165, 1.54) is 0 Å². The van der Waals surface area contributed by atoms with Gasteiger partial charge in [0.05, 0.1) is 5.41 Å². The molecule has 1 heterocycles. The first-order chi connectivity index (χ1) is 6.60. The van der Waals surface area contributed by atoms with Crippen LogP contribution in [-0.2, 0) is 4.79 Å². The molecule has 2 N–H and O–H groups in total. The molecular formula is C11H17NO2. The molecule has 0 amide bonds. The minimum Gasteiger partial charge on any atom is -0.481 e. The standard InChI is InChI=1S/C11H17NO2/c1-3-4-5-11(10(13)14)6-9(2)7-12-8-11/h9,12H,5-8H2,1-2H3,(H,13,14). The van der Waals surface area contributed by atoms with Gasteiger partial charge in [0.1, 0.15) is 0 Å². The van der Waals surface area contributed by atoms with E-state index in [1.807, 2.05) is 0 Å². The lowest BCUT2D eigenvalue weighted by Gasteiger charge is -2.35. The molecule has 0 radical (unpaired) electrons. The summed E-state index contributed by atoms with van der Waals surface area (Å²) in [5, 5.41) is 12.4. The van der Waals surface area contributed by atoms with E-state index < -0.39 is 11.4 Å². The second kappa shape index (κ2) is 4.47. The van der Waals surface area contributed by atoms with E-state index in [2.05, 4.69) is 24.1 Å². The number of carboxylic acids is 1. The van der Waals surface area contributed by atoms with Crippen LogP contribution in [0.15, 0.2) is 0 Å². The summed E-state index contributed by atoms with van der Waals surface area (Å²) < 4.78 is 0. The van der Waals surface area contributed by atoms with Crippen LogP contribution in [-0.4, -0.2) is 24.2 Å². The van der Waals surface area contributed by atoms with Gasteiger partial charge in [0.15, 0.2) is 0 Å². The molecule has 3 heteroatoms. The van der Waals surface area contributed by atoms with Crippen LogP contribution in [0.1, 0.15) is 26.7 Å². The number of piperidine rings is 1. The Bertz CT molecular complexity index is 277. The van der Waals surface area contributed by atoms with Crippen molar-refractivity contribution in [2.45, 2.75) is 26.7 Å². The van der Waals surface area contributed by atoms with Crippen molar-refractivity contribution >= 4 is 5.97 Å². The molecule has 0 aliphatic carbocycles. The number of hydrogen-bond acceptors (Lipinski definition) is 2. The highest BCUT2D eigenvalue weighted by atomic mass is 16.4. The lowest BCUT2D eigenvalue weighted by atomic mass is 9.74. The average Bonchev–Trinajstić information content (AvgIpc) is 2.14. The van der Waals surface area contributed by atoms with Gasteiger partial charge >= 0.3 is 5.97 Å². The van der Waals surface area contributed by atoms with Crippen LogP contribution in [0.25, 0.3) is 0 Å². The summed E-state index contributed by atoms with van der Waals surface area (Å²) in [5.41, 5.74) is -0.666. The molecule has 0 aromatic heterocycles. The minimum absolute atomic E-state index is 0.415. The summed E-state index contributed by atoms with van der Waals surface area (Å²) >= 11 is 0. The number of aliphatic carboxylic acids is 1. The summed E-state index contributed by atoms with van der Waals surface area (Å²) in [6, 6.07) is 0. The Morgan fingerprint density at radius 1 is 1.71 bits per heavy atom. The first-order valence-electron chi connectivity index (χ1n) is 4.94.